The molecule has 0 bridgehead atoms. The average molecular weight is 372 g/mol. The van der Waals surface area contributed by atoms with E-state index < -0.39 is 10.1 Å². The van der Waals surface area contributed by atoms with Crippen LogP contribution in [-0.2, 0) is 14.3 Å². The van der Waals surface area contributed by atoms with Crippen molar-refractivity contribution in [1.29, 1.82) is 0 Å². The Bertz CT molecular complexity index is 819. The topological polar surface area (TPSA) is 46.6 Å². The van der Waals surface area contributed by atoms with Crippen LogP contribution in [0.15, 0.2) is 66.2 Å². The Morgan fingerprint density at radius 2 is 1.58 bits per heavy atom. The largest absolute Gasteiger partial charge is 0.294 e. The van der Waals surface area contributed by atoms with Crippen molar-refractivity contribution in [2.75, 3.05) is 26.0 Å². The minimum atomic E-state index is -3.39. The molecule has 26 heavy (non-hydrogen) atoms. The summed E-state index contributed by atoms with van der Waals surface area (Å²) in [6, 6.07) is 21.2. The van der Waals surface area contributed by atoms with Crippen LogP contribution in [0.1, 0.15) is 24.5 Å². The summed E-state index contributed by atoms with van der Waals surface area (Å²) >= 11 is 0. The zero-order chi connectivity index (χ0) is 18.6. The van der Waals surface area contributed by atoms with Crippen molar-refractivity contribution < 1.29 is 12.6 Å². The van der Waals surface area contributed by atoms with Gasteiger partial charge in [-0.2, -0.15) is 8.42 Å². The minimum absolute atomic E-state index is 0.197. The standard InChI is InChI=1S/C21H25NO3S/c1-17-20(13-14-22(17)15-16-25-26(2,23)24)21(18-9-5-3-6-10-18)19-11-7-4-8-12-19/h3-12,17H,13-16H2,1-2H3. The summed E-state index contributed by atoms with van der Waals surface area (Å²) in [7, 11) is -3.39. The molecular formula is C21H25NO3S. The molecular weight excluding hydrogens is 346 g/mol. The van der Waals surface area contributed by atoms with Crippen LogP contribution in [0, 0.1) is 0 Å². The Kier molecular flexibility index (Phi) is 5.91. The van der Waals surface area contributed by atoms with Crippen LogP contribution in [0.3, 0.4) is 0 Å². The molecule has 0 aliphatic carbocycles. The van der Waals surface area contributed by atoms with Gasteiger partial charge >= 0.3 is 0 Å². The van der Waals surface area contributed by atoms with Crippen LogP contribution >= 0.6 is 0 Å². The van der Waals surface area contributed by atoms with Gasteiger partial charge in [0.25, 0.3) is 10.1 Å². The Balaban J connectivity index is 1.89. The number of rotatable bonds is 6. The first-order chi connectivity index (χ1) is 12.5. The summed E-state index contributed by atoms with van der Waals surface area (Å²) < 4.78 is 27.3. The predicted molar refractivity (Wildman–Crippen MR) is 105 cm³/mol. The molecule has 2 aromatic rings. The van der Waals surface area contributed by atoms with E-state index >= 15 is 0 Å². The zero-order valence-corrected chi connectivity index (χ0v) is 16.1. The fourth-order valence-corrected chi connectivity index (χ4v) is 3.96. The summed E-state index contributed by atoms with van der Waals surface area (Å²) in [4.78, 5) is 2.28. The van der Waals surface area contributed by atoms with Gasteiger partial charge in [0.05, 0.1) is 12.9 Å². The zero-order valence-electron chi connectivity index (χ0n) is 15.3. The van der Waals surface area contributed by atoms with Crippen molar-refractivity contribution >= 4 is 15.7 Å². The molecule has 5 heteroatoms. The van der Waals surface area contributed by atoms with E-state index in [0.717, 1.165) is 19.2 Å². The Labute approximate surface area is 156 Å². The number of hydrogen-bond donors (Lipinski definition) is 0. The van der Waals surface area contributed by atoms with E-state index in [-0.39, 0.29) is 12.6 Å². The van der Waals surface area contributed by atoms with Gasteiger partial charge in [-0.3, -0.25) is 9.08 Å². The summed E-state index contributed by atoms with van der Waals surface area (Å²) in [5.74, 6) is 0. The second kappa shape index (κ2) is 8.16. The Morgan fingerprint density at radius 3 is 2.08 bits per heavy atom. The maximum Gasteiger partial charge on any atom is 0.264 e. The summed E-state index contributed by atoms with van der Waals surface area (Å²) in [6.45, 7) is 3.90. The van der Waals surface area contributed by atoms with Gasteiger partial charge in [-0.1, -0.05) is 60.7 Å². The number of likely N-dealkylation sites (tertiary alicyclic amines) is 1. The molecule has 4 nitrogen and oxygen atoms in total. The van der Waals surface area contributed by atoms with E-state index in [1.165, 1.54) is 22.3 Å². The lowest BCUT2D eigenvalue weighted by Crippen LogP contribution is -2.31. The molecule has 1 atom stereocenters. The Hall–Kier alpha value is -1.95. The second-order valence-electron chi connectivity index (χ2n) is 6.62. The predicted octanol–water partition coefficient (Wildman–Crippen LogP) is 3.56. The number of nitrogens with zero attached hydrogens (tertiary/aromatic N) is 1. The first-order valence-corrected chi connectivity index (χ1v) is 10.7. The molecule has 3 rings (SSSR count). The lowest BCUT2D eigenvalue weighted by atomic mass is 9.90. The molecule has 0 saturated carbocycles. The highest BCUT2D eigenvalue weighted by Crippen LogP contribution is 2.35. The van der Waals surface area contributed by atoms with Crippen molar-refractivity contribution in [2.45, 2.75) is 19.4 Å². The third-order valence-electron chi connectivity index (χ3n) is 4.84. The van der Waals surface area contributed by atoms with Crippen molar-refractivity contribution in [1.82, 2.24) is 4.90 Å². The molecule has 1 unspecified atom stereocenters. The van der Waals surface area contributed by atoms with Crippen molar-refractivity contribution in [3.8, 4) is 0 Å². The summed E-state index contributed by atoms with van der Waals surface area (Å²) in [5.41, 5.74) is 5.11. The third-order valence-corrected chi connectivity index (χ3v) is 5.44. The van der Waals surface area contributed by atoms with E-state index in [1.54, 1.807) is 0 Å². The molecule has 138 valence electrons. The van der Waals surface area contributed by atoms with Crippen LogP contribution in [0.5, 0.6) is 0 Å². The molecule has 0 spiro atoms. The van der Waals surface area contributed by atoms with Gasteiger partial charge in [-0.15, -0.1) is 0 Å². The van der Waals surface area contributed by atoms with Gasteiger partial charge in [0.15, 0.2) is 0 Å². The first kappa shape index (κ1) is 18.8. The van der Waals surface area contributed by atoms with Crippen LogP contribution in [0.2, 0.25) is 0 Å². The van der Waals surface area contributed by atoms with Crippen LogP contribution < -0.4 is 0 Å². The van der Waals surface area contributed by atoms with Gasteiger partial charge in [-0.25, -0.2) is 0 Å². The lowest BCUT2D eigenvalue weighted by Gasteiger charge is -2.23. The fraction of sp³-hybridized carbons (Fsp3) is 0.333. The second-order valence-corrected chi connectivity index (χ2v) is 8.26. The Morgan fingerprint density at radius 1 is 1.04 bits per heavy atom. The van der Waals surface area contributed by atoms with E-state index in [1.807, 2.05) is 12.1 Å². The minimum Gasteiger partial charge on any atom is -0.294 e. The molecule has 0 aromatic heterocycles. The number of benzene rings is 2. The number of hydrogen-bond acceptors (Lipinski definition) is 4. The molecule has 1 aliphatic rings. The van der Waals surface area contributed by atoms with Crippen LogP contribution in [0.4, 0.5) is 0 Å². The smallest absolute Gasteiger partial charge is 0.264 e. The maximum absolute atomic E-state index is 11.2. The third kappa shape index (κ3) is 4.61. The molecule has 2 aromatic carbocycles. The molecule has 0 radical (unpaired) electrons. The lowest BCUT2D eigenvalue weighted by molar-refractivity contribution is 0.216. The average Bonchev–Trinajstić information content (AvgIpc) is 2.97. The van der Waals surface area contributed by atoms with Gasteiger partial charge in [0.2, 0.25) is 0 Å². The van der Waals surface area contributed by atoms with Gasteiger partial charge in [0.1, 0.15) is 0 Å². The highest BCUT2D eigenvalue weighted by molar-refractivity contribution is 7.85. The normalized spacial score (nSPS) is 18.2. The summed E-state index contributed by atoms with van der Waals surface area (Å²) in [6.07, 6.45) is 2.06. The molecule has 1 aliphatic heterocycles. The van der Waals surface area contributed by atoms with E-state index in [9.17, 15) is 8.42 Å². The van der Waals surface area contributed by atoms with Crippen molar-refractivity contribution in [3.05, 3.63) is 77.4 Å². The van der Waals surface area contributed by atoms with E-state index in [0.29, 0.717) is 6.54 Å². The molecule has 0 amide bonds. The monoisotopic (exact) mass is 371 g/mol. The quantitative estimate of drug-likeness (QED) is 0.729. The van der Waals surface area contributed by atoms with Gasteiger partial charge < -0.3 is 0 Å². The van der Waals surface area contributed by atoms with Crippen molar-refractivity contribution in [2.24, 2.45) is 0 Å². The molecule has 1 heterocycles. The molecule has 0 N–H and O–H groups in total. The highest BCUT2D eigenvalue weighted by Gasteiger charge is 2.28. The fourth-order valence-electron chi connectivity index (χ4n) is 3.58. The molecule has 1 fully saturated rings. The van der Waals surface area contributed by atoms with E-state index in [4.69, 9.17) is 4.18 Å². The van der Waals surface area contributed by atoms with Crippen LogP contribution in [0.25, 0.3) is 5.57 Å². The van der Waals surface area contributed by atoms with E-state index in [2.05, 4.69) is 60.4 Å². The van der Waals surface area contributed by atoms with Gasteiger partial charge in [0, 0.05) is 19.1 Å². The first-order valence-electron chi connectivity index (χ1n) is 8.88. The highest BCUT2D eigenvalue weighted by atomic mass is 32.2. The van der Waals surface area contributed by atoms with Crippen molar-refractivity contribution in [3.63, 3.8) is 0 Å². The van der Waals surface area contributed by atoms with Gasteiger partial charge in [-0.05, 0) is 35.6 Å². The molecule has 1 saturated heterocycles. The summed E-state index contributed by atoms with van der Waals surface area (Å²) in [5, 5.41) is 0. The van der Waals surface area contributed by atoms with Crippen LogP contribution in [-0.4, -0.2) is 45.3 Å². The maximum atomic E-state index is 11.2. The SMILES string of the molecule is CC1C(=C(c2ccccc2)c2ccccc2)CCN1CCOS(C)(=O)=O.